The van der Waals surface area contributed by atoms with Gasteiger partial charge in [-0.3, -0.25) is 9.69 Å². The van der Waals surface area contributed by atoms with E-state index in [0.717, 1.165) is 17.2 Å². The zero-order valence-corrected chi connectivity index (χ0v) is 16.7. The van der Waals surface area contributed by atoms with E-state index < -0.39 is 15.6 Å². The lowest BCUT2D eigenvalue weighted by Gasteiger charge is -2.51. The first-order chi connectivity index (χ1) is 11.8. The van der Waals surface area contributed by atoms with Gasteiger partial charge >= 0.3 is 0 Å². The molecule has 3 rings (SSSR count). The van der Waals surface area contributed by atoms with Crippen LogP contribution in [-0.4, -0.2) is 77.9 Å². The predicted octanol–water partition coefficient (Wildman–Crippen LogP) is 0.910. The topological polar surface area (TPSA) is 73.8 Å². The number of likely N-dealkylation sites (N-methyl/N-ethyl adjacent to an activating group) is 1. The summed E-state index contributed by atoms with van der Waals surface area (Å²) in [6.45, 7) is 6.47. The second-order valence-corrected chi connectivity index (χ2v) is 10.2. The van der Waals surface area contributed by atoms with Crippen molar-refractivity contribution in [1.82, 2.24) is 19.1 Å². The van der Waals surface area contributed by atoms with Crippen LogP contribution in [0.3, 0.4) is 0 Å². The van der Waals surface area contributed by atoms with E-state index in [2.05, 4.69) is 9.88 Å². The molecule has 2 fully saturated rings. The van der Waals surface area contributed by atoms with E-state index in [0.29, 0.717) is 39.0 Å². The van der Waals surface area contributed by atoms with Crippen LogP contribution in [0.25, 0.3) is 0 Å². The SMILES string of the molecule is CCS(=O)(=O)N1CCC2(CC1)C(=O)N(Cc1csc(C)n1)CCN2C. The van der Waals surface area contributed by atoms with E-state index in [9.17, 15) is 13.2 Å². The highest BCUT2D eigenvalue weighted by Gasteiger charge is 2.50. The highest BCUT2D eigenvalue weighted by atomic mass is 32.2. The van der Waals surface area contributed by atoms with Crippen LogP contribution in [0.5, 0.6) is 0 Å². The number of carbonyl (C=O) groups excluding carboxylic acids is 1. The van der Waals surface area contributed by atoms with Crippen molar-refractivity contribution < 1.29 is 13.2 Å². The third kappa shape index (κ3) is 3.47. The third-order valence-electron chi connectivity index (χ3n) is 5.45. The van der Waals surface area contributed by atoms with Gasteiger partial charge in [-0.25, -0.2) is 17.7 Å². The number of aryl methyl sites for hydroxylation is 1. The van der Waals surface area contributed by atoms with Gasteiger partial charge in [0.15, 0.2) is 0 Å². The highest BCUT2D eigenvalue weighted by molar-refractivity contribution is 7.89. The fourth-order valence-corrected chi connectivity index (χ4v) is 5.49. The molecule has 0 bridgehead atoms. The first-order valence-corrected chi connectivity index (χ1v) is 11.2. The summed E-state index contributed by atoms with van der Waals surface area (Å²) in [6, 6.07) is 0. The number of rotatable bonds is 4. The number of amides is 1. The van der Waals surface area contributed by atoms with Crippen molar-refractivity contribution in [3.05, 3.63) is 16.1 Å². The molecule has 25 heavy (non-hydrogen) atoms. The normalized spacial score (nSPS) is 22.7. The minimum absolute atomic E-state index is 0.110. The Morgan fingerprint density at radius 1 is 1.24 bits per heavy atom. The summed E-state index contributed by atoms with van der Waals surface area (Å²) in [5, 5.41) is 3.01. The first kappa shape index (κ1) is 18.8. The Kier molecular flexibility index (Phi) is 5.21. The second-order valence-electron chi connectivity index (χ2n) is 6.84. The van der Waals surface area contributed by atoms with Crippen LogP contribution in [0.4, 0.5) is 0 Å². The van der Waals surface area contributed by atoms with Crippen molar-refractivity contribution >= 4 is 27.3 Å². The average Bonchev–Trinajstić information content (AvgIpc) is 3.01. The minimum atomic E-state index is -3.19. The third-order valence-corrected chi connectivity index (χ3v) is 8.15. The number of sulfonamides is 1. The summed E-state index contributed by atoms with van der Waals surface area (Å²) >= 11 is 1.59. The van der Waals surface area contributed by atoms with E-state index in [1.54, 1.807) is 18.3 Å². The maximum atomic E-state index is 13.2. The summed E-state index contributed by atoms with van der Waals surface area (Å²) in [4.78, 5) is 21.7. The van der Waals surface area contributed by atoms with Crippen LogP contribution in [0.15, 0.2) is 5.38 Å². The van der Waals surface area contributed by atoms with E-state index >= 15 is 0 Å². The van der Waals surface area contributed by atoms with Crippen molar-refractivity contribution in [2.45, 2.75) is 38.8 Å². The van der Waals surface area contributed by atoms with Crippen molar-refractivity contribution in [2.75, 3.05) is 39.0 Å². The summed E-state index contributed by atoms with van der Waals surface area (Å²) < 4.78 is 25.7. The van der Waals surface area contributed by atoms with Gasteiger partial charge in [-0.1, -0.05) is 0 Å². The fourth-order valence-electron chi connectivity index (χ4n) is 3.78. The zero-order chi connectivity index (χ0) is 18.2. The Bertz CT molecular complexity index is 738. The number of nitrogens with zero attached hydrogens (tertiary/aromatic N) is 4. The number of hydrogen-bond acceptors (Lipinski definition) is 6. The Morgan fingerprint density at radius 3 is 2.48 bits per heavy atom. The van der Waals surface area contributed by atoms with Crippen molar-refractivity contribution in [3.8, 4) is 0 Å². The van der Waals surface area contributed by atoms with Gasteiger partial charge in [-0.15, -0.1) is 11.3 Å². The molecule has 0 atom stereocenters. The predicted molar refractivity (Wildman–Crippen MR) is 97.9 cm³/mol. The molecular weight excluding hydrogens is 360 g/mol. The number of aromatic nitrogens is 1. The molecule has 0 unspecified atom stereocenters. The quantitative estimate of drug-likeness (QED) is 0.769. The molecule has 1 amide bonds. The summed E-state index contributed by atoms with van der Waals surface area (Å²) in [5.41, 5.74) is 0.352. The zero-order valence-electron chi connectivity index (χ0n) is 15.1. The number of carbonyl (C=O) groups is 1. The van der Waals surface area contributed by atoms with Crippen LogP contribution in [-0.2, 0) is 21.4 Å². The van der Waals surface area contributed by atoms with Gasteiger partial charge in [0.05, 0.1) is 23.0 Å². The molecule has 0 saturated carbocycles. The molecule has 3 heterocycles. The molecule has 2 aliphatic heterocycles. The number of piperazine rings is 1. The lowest BCUT2D eigenvalue weighted by Crippen LogP contribution is -2.67. The molecule has 1 aromatic rings. The van der Waals surface area contributed by atoms with Gasteiger partial charge in [0.1, 0.15) is 5.54 Å². The molecule has 140 valence electrons. The molecule has 0 N–H and O–H groups in total. The van der Waals surface area contributed by atoms with Crippen LogP contribution >= 0.6 is 11.3 Å². The van der Waals surface area contributed by atoms with Crippen LogP contribution in [0.1, 0.15) is 30.5 Å². The molecular formula is C16H26N4O3S2. The summed E-state index contributed by atoms with van der Waals surface area (Å²) in [5.74, 6) is 0.222. The van der Waals surface area contributed by atoms with Gasteiger partial charge in [0, 0.05) is 31.6 Å². The molecule has 0 radical (unpaired) electrons. The molecule has 0 aromatic carbocycles. The molecule has 9 heteroatoms. The Morgan fingerprint density at radius 2 is 1.92 bits per heavy atom. The minimum Gasteiger partial charge on any atom is -0.334 e. The van der Waals surface area contributed by atoms with Gasteiger partial charge in [-0.05, 0) is 33.7 Å². The molecule has 0 aliphatic carbocycles. The molecule has 2 aliphatic rings. The fraction of sp³-hybridized carbons (Fsp3) is 0.750. The molecule has 7 nitrogen and oxygen atoms in total. The average molecular weight is 387 g/mol. The van der Waals surface area contributed by atoms with Crippen LogP contribution < -0.4 is 0 Å². The molecule has 1 aromatic heterocycles. The van der Waals surface area contributed by atoms with E-state index in [1.165, 1.54) is 4.31 Å². The monoisotopic (exact) mass is 386 g/mol. The van der Waals surface area contributed by atoms with Gasteiger partial charge in [0.25, 0.3) is 0 Å². The maximum Gasteiger partial charge on any atom is 0.243 e. The summed E-state index contributed by atoms with van der Waals surface area (Å²) in [7, 11) is -1.21. The first-order valence-electron chi connectivity index (χ1n) is 8.68. The second kappa shape index (κ2) is 6.94. The number of thiazole rings is 1. The molecule has 2 saturated heterocycles. The standard InChI is InChI=1S/C16H26N4O3S2/c1-4-25(22,23)20-7-5-16(6-8-20)15(21)19(10-9-18(16)3)11-14-12-24-13(2)17-14/h12H,4-11H2,1-3H3. The van der Waals surface area contributed by atoms with E-state index in [1.807, 2.05) is 24.3 Å². The molecule has 1 spiro atoms. The Labute approximate surface area is 153 Å². The van der Waals surface area contributed by atoms with E-state index in [4.69, 9.17) is 0 Å². The largest absolute Gasteiger partial charge is 0.334 e. The highest BCUT2D eigenvalue weighted by Crippen LogP contribution is 2.34. The van der Waals surface area contributed by atoms with E-state index in [-0.39, 0.29) is 11.7 Å². The smallest absolute Gasteiger partial charge is 0.243 e. The van der Waals surface area contributed by atoms with Gasteiger partial charge in [-0.2, -0.15) is 0 Å². The van der Waals surface area contributed by atoms with Crippen molar-refractivity contribution in [2.24, 2.45) is 0 Å². The number of piperidine rings is 1. The van der Waals surface area contributed by atoms with Gasteiger partial charge in [0.2, 0.25) is 15.9 Å². The lowest BCUT2D eigenvalue weighted by atomic mass is 9.83. The van der Waals surface area contributed by atoms with Crippen molar-refractivity contribution in [1.29, 1.82) is 0 Å². The van der Waals surface area contributed by atoms with Crippen LogP contribution in [0, 0.1) is 6.92 Å². The maximum absolute atomic E-state index is 13.2. The Balaban J connectivity index is 1.75. The number of hydrogen-bond donors (Lipinski definition) is 0. The van der Waals surface area contributed by atoms with Gasteiger partial charge < -0.3 is 4.90 Å². The van der Waals surface area contributed by atoms with Crippen LogP contribution in [0.2, 0.25) is 0 Å². The Hall–Kier alpha value is -1.03. The van der Waals surface area contributed by atoms with Crippen molar-refractivity contribution in [3.63, 3.8) is 0 Å². The lowest BCUT2D eigenvalue weighted by molar-refractivity contribution is -0.154. The summed E-state index contributed by atoms with van der Waals surface area (Å²) in [6.07, 6.45) is 1.10.